The first kappa shape index (κ1) is 18.6. The lowest BCUT2D eigenvalue weighted by Gasteiger charge is -2.05. The van der Waals surface area contributed by atoms with Gasteiger partial charge in [0.15, 0.2) is 0 Å². The van der Waals surface area contributed by atoms with Crippen molar-refractivity contribution in [3.63, 3.8) is 0 Å². The summed E-state index contributed by atoms with van der Waals surface area (Å²) in [7, 11) is 1.62. The van der Waals surface area contributed by atoms with Gasteiger partial charge >= 0.3 is 0 Å². The second-order valence-electron chi connectivity index (χ2n) is 6.99. The molecule has 152 valence electrons. The molecule has 7 heteroatoms. The maximum absolute atomic E-state index is 11.3. The molecule has 0 aliphatic heterocycles. The van der Waals surface area contributed by atoms with Crippen molar-refractivity contribution in [2.45, 2.75) is 0 Å². The second kappa shape index (κ2) is 7.46. The number of para-hydroxylation sites is 2. The lowest BCUT2D eigenvalue weighted by molar-refractivity contribution is 0.100. The predicted molar refractivity (Wildman–Crippen MR) is 118 cm³/mol. The third-order valence-electron chi connectivity index (χ3n) is 4.98. The minimum absolute atomic E-state index is 0.392. The topological polar surface area (TPSA) is 106 Å². The number of H-pyrrole nitrogens is 1. The molecule has 0 bridgehead atoms. The number of nitrogens with two attached hydrogens (primary N) is 1. The highest BCUT2D eigenvalue weighted by Crippen LogP contribution is 2.25. The number of nitrogens with zero attached hydrogens (tertiary/aromatic N) is 2. The highest BCUT2D eigenvalue weighted by Gasteiger charge is 2.12. The summed E-state index contributed by atoms with van der Waals surface area (Å²) in [6, 6.07) is 22.0. The van der Waals surface area contributed by atoms with Crippen LogP contribution < -0.4 is 16.0 Å². The van der Waals surface area contributed by atoms with Gasteiger partial charge in [-0.3, -0.25) is 4.79 Å². The van der Waals surface area contributed by atoms with Gasteiger partial charge in [-0.1, -0.05) is 12.1 Å². The van der Waals surface area contributed by atoms with E-state index in [1.165, 1.54) is 0 Å². The van der Waals surface area contributed by atoms with Gasteiger partial charge in [-0.05, 0) is 60.7 Å². The number of benzene rings is 3. The zero-order valence-electron chi connectivity index (χ0n) is 16.6. The molecule has 0 aliphatic carbocycles. The molecule has 0 fully saturated rings. The van der Waals surface area contributed by atoms with Crippen molar-refractivity contribution in [3.05, 3.63) is 83.9 Å². The summed E-state index contributed by atoms with van der Waals surface area (Å²) in [5.41, 5.74) is 9.89. The van der Waals surface area contributed by atoms with Gasteiger partial charge in [0.1, 0.15) is 17.2 Å². The summed E-state index contributed by atoms with van der Waals surface area (Å²) in [6.45, 7) is 0. The van der Waals surface area contributed by atoms with Crippen molar-refractivity contribution in [2.75, 3.05) is 7.11 Å². The van der Waals surface area contributed by atoms with E-state index in [9.17, 15) is 4.79 Å². The Morgan fingerprint density at radius 1 is 1.06 bits per heavy atom. The van der Waals surface area contributed by atoms with Crippen LogP contribution in [0.5, 0.6) is 5.75 Å². The number of imidazole rings is 1. The number of ether oxygens (including phenoxy) is 1. The van der Waals surface area contributed by atoms with Crippen LogP contribution in [0, 0.1) is 0 Å². The molecule has 0 aliphatic rings. The summed E-state index contributed by atoms with van der Waals surface area (Å²) in [5.74, 6) is 0.881. The van der Waals surface area contributed by atoms with Crippen molar-refractivity contribution < 1.29 is 13.9 Å². The molecule has 5 rings (SSSR count). The second-order valence-corrected chi connectivity index (χ2v) is 6.99. The van der Waals surface area contributed by atoms with Crippen molar-refractivity contribution in [1.29, 1.82) is 0 Å². The molecule has 0 radical (unpaired) electrons. The number of carbonyl (C=O) groups excluding carboxylic acids is 1. The molecular weight excluding hydrogens is 392 g/mol. The smallest absolute Gasteiger partial charge is 0.248 e. The van der Waals surface area contributed by atoms with Gasteiger partial charge in [0, 0.05) is 10.9 Å². The van der Waals surface area contributed by atoms with Crippen LogP contribution >= 0.6 is 0 Å². The van der Waals surface area contributed by atoms with E-state index in [-0.39, 0.29) is 0 Å². The molecule has 3 N–H and O–H groups in total. The summed E-state index contributed by atoms with van der Waals surface area (Å²) in [5, 5.41) is 0.859. The van der Waals surface area contributed by atoms with Crippen LogP contribution in [0.15, 0.2) is 82.2 Å². The fraction of sp³-hybridized carbons (Fsp3) is 0.0417. The number of rotatable bonds is 4. The maximum atomic E-state index is 11.3. The maximum Gasteiger partial charge on any atom is 0.248 e. The van der Waals surface area contributed by atoms with Crippen LogP contribution in [0.1, 0.15) is 10.4 Å². The Labute approximate surface area is 176 Å². The predicted octanol–water partition coefficient (Wildman–Crippen LogP) is 4.32. The molecule has 0 unspecified atom stereocenters. The van der Waals surface area contributed by atoms with E-state index >= 15 is 0 Å². The van der Waals surface area contributed by atoms with Crippen LogP contribution in [0.4, 0.5) is 5.69 Å². The van der Waals surface area contributed by atoms with E-state index in [4.69, 9.17) is 19.9 Å². The lowest BCUT2D eigenvalue weighted by atomic mass is 10.1. The number of methoxy groups -OCH3 is 1. The summed E-state index contributed by atoms with van der Waals surface area (Å²) in [4.78, 5) is 24.1. The summed E-state index contributed by atoms with van der Waals surface area (Å²) >= 11 is 0. The first-order chi connectivity index (χ1) is 15.1. The minimum atomic E-state index is -0.487. The Balaban J connectivity index is 1.75. The summed E-state index contributed by atoms with van der Waals surface area (Å²) < 4.78 is 11.5. The van der Waals surface area contributed by atoms with Gasteiger partial charge in [-0.15, -0.1) is 0 Å². The summed E-state index contributed by atoms with van der Waals surface area (Å²) in [6.07, 6.45) is 0. The zero-order valence-corrected chi connectivity index (χ0v) is 16.6. The quantitative estimate of drug-likeness (QED) is 0.460. The first-order valence-corrected chi connectivity index (χ1v) is 9.62. The molecule has 31 heavy (non-hydrogen) atoms. The van der Waals surface area contributed by atoms with Crippen molar-refractivity contribution in [1.82, 2.24) is 9.97 Å². The molecule has 2 heterocycles. The number of aromatic nitrogens is 2. The standard InChI is InChI=1S/C24H18N4O3/c1-30-17-10-11-21-15(12-17)13-18(23-27-19-4-2-3-5-20(19)28-23)24(31-21)26-16-8-6-14(7-9-16)22(25)29/h2-13H,1H3,(H2,25,29)(H,27,28). The van der Waals surface area contributed by atoms with Gasteiger partial charge in [0.2, 0.25) is 11.5 Å². The van der Waals surface area contributed by atoms with Crippen LogP contribution in [0.25, 0.3) is 33.4 Å². The number of hydrogen-bond acceptors (Lipinski definition) is 5. The number of amides is 1. The van der Waals surface area contributed by atoms with E-state index in [1.807, 2.05) is 48.5 Å². The van der Waals surface area contributed by atoms with Crippen molar-refractivity contribution >= 4 is 33.6 Å². The molecule has 0 saturated heterocycles. The van der Waals surface area contributed by atoms with E-state index in [2.05, 4.69) is 9.98 Å². The molecule has 3 aromatic carbocycles. The van der Waals surface area contributed by atoms with E-state index in [1.54, 1.807) is 31.4 Å². The van der Waals surface area contributed by atoms with E-state index < -0.39 is 5.91 Å². The SMILES string of the molecule is COc1ccc2oc(=Nc3ccc(C(N)=O)cc3)c(-c3nc4ccccc4[nH]3)cc2c1. The Bertz CT molecular complexity index is 1460. The number of fused-ring (bicyclic) bond motifs is 2. The number of primary amides is 1. The lowest BCUT2D eigenvalue weighted by Crippen LogP contribution is -2.10. The molecule has 2 aromatic heterocycles. The molecule has 7 nitrogen and oxygen atoms in total. The fourth-order valence-electron chi connectivity index (χ4n) is 3.39. The largest absolute Gasteiger partial charge is 0.497 e. The van der Waals surface area contributed by atoms with Crippen molar-refractivity contribution in [3.8, 4) is 17.1 Å². The monoisotopic (exact) mass is 410 g/mol. The third kappa shape index (κ3) is 3.53. The Morgan fingerprint density at radius 2 is 1.87 bits per heavy atom. The average Bonchev–Trinajstić information content (AvgIpc) is 3.23. The number of hydrogen-bond donors (Lipinski definition) is 2. The Morgan fingerprint density at radius 3 is 2.61 bits per heavy atom. The molecule has 5 aromatic rings. The number of carbonyl (C=O) groups is 1. The highest BCUT2D eigenvalue weighted by molar-refractivity contribution is 5.93. The molecular formula is C24H18N4O3. The number of aromatic amines is 1. The highest BCUT2D eigenvalue weighted by atomic mass is 16.5. The number of nitrogens with one attached hydrogen (secondary N) is 1. The molecule has 0 spiro atoms. The average molecular weight is 410 g/mol. The Kier molecular flexibility index (Phi) is 4.48. The fourth-order valence-corrected chi connectivity index (χ4v) is 3.39. The molecule has 0 atom stereocenters. The van der Waals surface area contributed by atoms with Gasteiger partial charge in [0.05, 0.1) is 29.4 Å². The minimum Gasteiger partial charge on any atom is -0.497 e. The van der Waals surface area contributed by atoms with Crippen LogP contribution in [-0.2, 0) is 0 Å². The Hall–Kier alpha value is -4.39. The third-order valence-corrected chi connectivity index (χ3v) is 4.98. The van der Waals surface area contributed by atoms with E-state index in [0.717, 1.165) is 22.2 Å². The van der Waals surface area contributed by atoms with Gasteiger partial charge in [0.25, 0.3) is 0 Å². The van der Waals surface area contributed by atoms with Crippen LogP contribution in [-0.4, -0.2) is 23.0 Å². The van der Waals surface area contributed by atoms with Crippen molar-refractivity contribution in [2.24, 2.45) is 10.7 Å². The first-order valence-electron chi connectivity index (χ1n) is 9.62. The zero-order chi connectivity index (χ0) is 21.4. The van der Waals surface area contributed by atoms with Crippen LogP contribution in [0.3, 0.4) is 0 Å². The van der Waals surface area contributed by atoms with Gasteiger partial charge in [-0.25, -0.2) is 9.98 Å². The van der Waals surface area contributed by atoms with Crippen LogP contribution in [0.2, 0.25) is 0 Å². The molecule has 0 saturated carbocycles. The molecule has 1 amide bonds. The normalized spacial score (nSPS) is 11.8. The van der Waals surface area contributed by atoms with Gasteiger partial charge < -0.3 is 19.9 Å². The van der Waals surface area contributed by atoms with E-state index in [0.29, 0.717) is 33.8 Å². The van der Waals surface area contributed by atoms with Gasteiger partial charge in [-0.2, -0.15) is 0 Å².